The third-order valence-electron chi connectivity index (χ3n) is 14.9. The van der Waals surface area contributed by atoms with Crippen molar-refractivity contribution in [3.05, 3.63) is 210 Å². The smallest absolute Gasteiger partial charge is 0.252 e. The number of fused-ring (bicyclic) bond motifs is 4. The quantitative estimate of drug-likeness (QED) is 0.111. The van der Waals surface area contributed by atoms with Crippen molar-refractivity contribution in [1.29, 1.82) is 0 Å². The second-order valence-electron chi connectivity index (χ2n) is 25.4. The molecular weight excluding hydrogens is 870 g/mol. The average molecular weight is 946 g/mol. The molecule has 0 saturated carbocycles. The number of benzene rings is 7. The summed E-state index contributed by atoms with van der Waals surface area (Å²) in [6, 6.07) is 56.1. The maximum Gasteiger partial charge on any atom is 0.252 e. The molecule has 0 bridgehead atoms. The van der Waals surface area contributed by atoms with E-state index in [1.54, 1.807) is 0 Å². The Balaban J connectivity index is 1.48. The van der Waals surface area contributed by atoms with Gasteiger partial charge in [-0.3, -0.25) is 0 Å². The first-order valence-electron chi connectivity index (χ1n) is 26.0. The van der Waals surface area contributed by atoms with Gasteiger partial charge in [0.25, 0.3) is 6.71 Å². The van der Waals surface area contributed by atoms with Crippen LogP contribution in [0.25, 0.3) is 5.57 Å². The fraction of sp³-hybridized carbons (Fsp3) is 0.294. The first-order valence-corrected chi connectivity index (χ1v) is 26.0. The van der Waals surface area contributed by atoms with Gasteiger partial charge in [-0.05, 0) is 144 Å². The van der Waals surface area contributed by atoms with E-state index in [-0.39, 0.29) is 33.8 Å². The lowest BCUT2D eigenvalue weighted by Gasteiger charge is -2.46. The maximum atomic E-state index is 4.34. The van der Waals surface area contributed by atoms with Crippen molar-refractivity contribution < 1.29 is 0 Å². The standard InChI is InChI=1S/C68H76BN3/c1-18-24-45(19-2)55-29-20-21-30-58(55)72-60-38-34-50(68(15,16)17)42-57(60)69-56-41-49(67(12,13)14)33-37-59(56)71(51-35-31-46(32-36-51)64(3,4)5)61-43-54(44-62(72)63(61)69)70(52-27-22-25-47(39-52)65(6,7)8)53-28-23-26-48(40-53)66(9,10)11/h18-44H,1-2H2,3-17H3/b45-24+. The molecule has 0 unspecified atom stereocenters. The number of anilines is 9. The molecule has 4 heteroatoms. The molecule has 0 aliphatic carbocycles. The lowest BCUT2D eigenvalue weighted by Crippen LogP contribution is -2.61. The van der Waals surface area contributed by atoms with E-state index in [9.17, 15) is 0 Å². The molecule has 366 valence electrons. The van der Waals surface area contributed by atoms with Crippen LogP contribution in [0.3, 0.4) is 0 Å². The van der Waals surface area contributed by atoms with Crippen molar-refractivity contribution in [3.63, 3.8) is 0 Å². The van der Waals surface area contributed by atoms with Gasteiger partial charge in [-0.2, -0.15) is 0 Å². The Labute approximate surface area is 433 Å². The molecule has 2 aliphatic rings. The van der Waals surface area contributed by atoms with Gasteiger partial charge in [0.2, 0.25) is 0 Å². The number of nitrogens with zero attached hydrogens (tertiary/aromatic N) is 3. The van der Waals surface area contributed by atoms with Gasteiger partial charge in [-0.25, -0.2) is 0 Å². The Morgan fingerprint density at radius 2 is 0.861 bits per heavy atom. The highest BCUT2D eigenvalue weighted by atomic mass is 15.2. The van der Waals surface area contributed by atoms with E-state index in [2.05, 4.69) is 283 Å². The molecule has 0 saturated heterocycles. The van der Waals surface area contributed by atoms with Crippen LogP contribution in [-0.2, 0) is 27.1 Å². The predicted molar refractivity (Wildman–Crippen MR) is 317 cm³/mol. The Morgan fingerprint density at radius 1 is 0.417 bits per heavy atom. The van der Waals surface area contributed by atoms with Crippen molar-refractivity contribution in [2.24, 2.45) is 0 Å². The SMILES string of the molecule is C=C/C=C(\C=C)c1ccccc1N1c2ccc(C(C)(C)C)cc2B2c3cc(C(C)(C)C)ccc3N(c3ccc(C(C)(C)C)cc3)c3cc(N(c4cccc(C(C)(C)C)c4)c4cccc(C(C)(C)C)c4)cc1c32. The molecule has 3 nitrogen and oxygen atoms in total. The van der Waals surface area contributed by atoms with Gasteiger partial charge in [0, 0.05) is 45.4 Å². The minimum Gasteiger partial charge on any atom is -0.311 e. The minimum atomic E-state index is -0.0806. The third-order valence-corrected chi connectivity index (χ3v) is 14.9. The zero-order chi connectivity index (χ0) is 51.9. The van der Waals surface area contributed by atoms with E-state index in [0.717, 1.165) is 50.9 Å². The largest absolute Gasteiger partial charge is 0.311 e. The lowest BCUT2D eigenvalue weighted by atomic mass is 9.33. The second-order valence-corrected chi connectivity index (χ2v) is 25.4. The van der Waals surface area contributed by atoms with Crippen LogP contribution >= 0.6 is 0 Å². The highest BCUT2D eigenvalue weighted by molar-refractivity contribution is 7.00. The molecule has 0 fully saturated rings. The summed E-state index contributed by atoms with van der Waals surface area (Å²) in [5, 5.41) is 0. The van der Waals surface area contributed by atoms with Gasteiger partial charge < -0.3 is 14.7 Å². The van der Waals surface area contributed by atoms with Crippen LogP contribution in [0, 0.1) is 0 Å². The van der Waals surface area contributed by atoms with Crippen molar-refractivity contribution in [1.82, 2.24) is 0 Å². The molecule has 0 amide bonds. The first kappa shape index (κ1) is 50.2. The number of rotatable bonds is 8. The number of hydrogen-bond donors (Lipinski definition) is 0. The maximum absolute atomic E-state index is 4.34. The molecule has 9 rings (SSSR count). The Kier molecular flexibility index (Phi) is 12.6. The van der Waals surface area contributed by atoms with Crippen LogP contribution in [-0.4, -0.2) is 6.71 Å². The minimum absolute atomic E-state index is 0.000503. The molecular formula is C68H76BN3. The van der Waals surface area contributed by atoms with Crippen LogP contribution in [0.5, 0.6) is 0 Å². The second kappa shape index (κ2) is 18.1. The van der Waals surface area contributed by atoms with E-state index in [1.807, 2.05) is 12.2 Å². The van der Waals surface area contributed by atoms with Crippen molar-refractivity contribution in [3.8, 4) is 0 Å². The molecule has 0 aromatic heterocycles. The molecule has 2 heterocycles. The zero-order valence-electron chi connectivity index (χ0n) is 45.9. The van der Waals surface area contributed by atoms with Gasteiger partial charge in [-0.15, -0.1) is 0 Å². The summed E-state index contributed by atoms with van der Waals surface area (Å²) in [6.45, 7) is 43.2. The summed E-state index contributed by atoms with van der Waals surface area (Å²) >= 11 is 0. The van der Waals surface area contributed by atoms with Gasteiger partial charge in [0.1, 0.15) is 0 Å². The summed E-state index contributed by atoms with van der Waals surface area (Å²) in [6.07, 6.45) is 5.91. The van der Waals surface area contributed by atoms with E-state index in [1.165, 1.54) is 55.6 Å². The Morgan fingerprint density at radius 3 is 1.33 bits per heavy atom. The van der Waals surface area contributed by atoms with Crippen LogP contribution in [0.15, 0.2) is 177 Å². The third kappa shape index (κ3) is 9.19. The summed E-state index contributed by atoms with van der Waals surface area (Å²) in [5.41, 5.74) is 22.4. The van der Waals surface area contributed by atoms with E-state index in [0.29, 0.717) is 0 Å². The van der Waals surface area contributed by atoms with E-state index < -0.39 is 0 Å². The van der Waals surface area contributed by atoms with Gasteiger partial charge in [0.05, 0.1) is 11.4 Å². The highest BCUT2D eigenvalue weighted by Crippen LogP contribution is 2.50. The van der Waals surface area contributed by atoms with Crippen molar-refractivity contribution >= 4 is 79.9 Å². The Hall–Kier alpha value is -6.78. The summed E-state index contributed by atoms with van der Waals surface area (Å²) in [5.74, 6) is 0. The monoisotopic (exact) mass is 946 g/mol. The topological polar surface area (TPSA) is 9.72 Å². The van der Waals surface area contributed by atoms with Gasteiger partial charge in [0.15, 0.2) is 0 Å². The number of hydrogen-bond acceptors (Lipinski definition) is 3. The van der Waals surface area contributed by atoms with Crippen LogP contribution in [0.2, 0.25) is 0 Å². The van der Waals surface area contributed by atoms with Gasteiger partial charge in [-0.1, -0.05) is 214 Å². The highest BCUT2D eigenvalue weighted by Gasteiger charge is 2.45. The average Bonchev–Trinajstić information content (AvgIpc) is 3.32. The molecule has 0 N–H and O–H groups in total. The molecule has 0 spiro atoms. The Bertz CT molecular complexity index is 3200. The number of para-hydroxylation sites is 1. The first-order chi connectivity index (χ1) is 33.8. The summed E-state index contributed by atoms with van der Waals surface area (Å²) in [4.78, 5) is 7.63. The molecule has 7 aromatic carbocycles. The zero-order valence-corrected chi connectivity index (χ0v) is 45.9. The van der Waals surface area contributed by atoms with Crippen LogP contribution < -0.4 is 31.1 Å². The normalized spacial score (nSPS) is 13.9. The van der Waals surface area contributed by atoms with Crippen molar-refractivity contribution in [2.75, 3.05) is 14.7 Å². The fourth-order valence-electron chi connectivity index (χ4n) is 10.7. The lowest BCUT2D eigenvalue weighted by molar-refractivity contribution is 0.589. The van der Waals surface area contributed by atoms with Gasteiger partial charge >= 0.3 is 0 Å². The van der Waals surface area contributed by atoms with Crippen LogP contribution in [0.1, 0.15) is 137 Å². The predicted octanol–water partition coefficient (Wildman–Crippen LogP) is 17.5. The summed E-state index contributed by atoms with van der Waals surface area (Å²) < 4.78 is 0. The number of allylic oxidation sites excluding steroid dienone is 4. The van der Waals surface area contributed by atoms with E-state index >= 15 is 0 Å². The molecule has 0 atom stereocenters. The molecule has 0 radical (unpaired) electrons. The van der Waals surface area contributed by atoms with Crippen LogP contribution in [0.4, 0.5) is 51.2 Å². The van der Waals surface area contributed by atoms with E-state index in [4.69, 9.17) is 0 Å². The fourth-order valence-corrected chi connectivity index (χ4v) is 10.7. The molecule has 72 heavy (non-hydrogen) atoms. The summed E-state index contributed by atoms with van der Waals surface area (Å²) in [7, 11) is 0. The molecule has 7 aromatic rings. The molecule has 2 aliphatic heterocycles. The van der Waals surface area contributed by atoms with Crippen molar-refractivity contribution in [2.45, 2.75) is 131 Å².